The van der Waals surface area contributed by atoms with Gasteiger partial charge in [-0.2, -0.15) is 0 Å². The van der Waals surface area contributed by atoms with Crippen LogP contribution in [0.5, 0.6) is 0 Å². The van der Waals surface area contributed by atoms with Gasteiger partial charge in [0, 0.05) is 31.1 Å². The van der Waals surface area contributed by atoms with Crippen molar-refractivity contribution >= 4 is 17.5 Å². The van der Waals surface area contributed by atoms with Crippen LogP contribution in [-0.2, 0) is 16.0 Å². The average molecular weight is 275 g/mol. The van der Waals surface area contributed by atoms with Gasteiger partial charge in [0.15, 0.2) is 0 Å². The van der Waals surface area contributed by atoms with Crippen molar-refractivity contribution in [3.63, 3.8) is 0 Å². The number of para-hydroxylation sites is 1. The number of carbonyl (C=O) groups excluding carboxylic acids is 2. The molecule has 1 aliphatic rings. The number of carbonyl (C=O) groups is 2. The highest BCUT2D eigenvalue weighted by atomic mass is 16.2. The number of benzene rings is 1. The highest BCUT2D eigenvalue weighted by Gasteiger charge is 2.25. The first-order valence-electron chi connectivity index (χ1n) is 6.98. The van der Waals surface area contributed by atoms with E-state index in [1.165, 1.54) is 5.56 Å². The predicted octanol–water partition coefficient (Wildman–Crippen LogP) is 0.912. The van der Waals surface area contributed by atoms with Crippen LogP contribution in [0.3, 0.4) is 0 Å². The van der Waals surface area contributed by atoms with E-state index in [1.54, 1.807) is 0 Å². The lowest BCUT2D eigenvalue weighted by Crippen LogP contribution is -2.42. The molecule has 2 amide bonds. The molecule has 5 heteroatoms. The maximum atomic E-state index is 12.0. The van der Waals surface area contributed by atoms with Crippen LogP contribution in [0.15, 0.2) is 24.3 Å². The molecule has 1 heterocycles. The fourth-order valence-electron chi connectivity index (χ4n) is 2.15. The van der Waals surface area contributed by atoms with E-state index in [2.05, 4.69) is 16.0 Å². The molecule has 1 atom stereocenters. The smallest absolute Gasteiger partial charge is 0.242 e. The van der Waals surface area contributed by atoms with Crippen molar-refractivity contribution in [1.82, 2.24) is 10.6 Å². The quantitative estimate of drug-likeness (QED) is 0.700. The molecule has 1 unspecified atom stereocenters. The van der Waals surface area contributed by atoms with E-state index in [-0.39, 0.29) is 23.8 Å². The molecule has 0 bridgehead atoms. The number of rotatable bonds is 5. The van der Waals surface area contributed by atoms with Crippen LogP contribution in [0.1, 0.15) is 19.4 Å². The summed E-state index contributed by atoms with van der Waals surface area (Å²) in [7, 11) is 0. The number of amides is 2. The summed E-state index contributed by atoms with van der Waals surface area (Å²) in [6, 6.07) is 7.72. The summed E-state index contributed by atoms with van der Waals surface area (Å²) in [5.74, 6) is -0.0534. The van der Waals surface area contributed by atoms with Gasteiger partial charge in [0.1, 0.15) is 6.04 Å². The number of fused-ring (bicyclic) bond motifs is 1. The standard InChI is InChI=1S/C15H21N3O2/c1-10(2)14(19)16-7-8-17-15(20)13-9-11-5-3-4-6-12(11)18-13/h3-6,10,13,18H,7-9H2,1-2H3,(H,16,19)(H,17,20). The fraction of sp³-hybridized carbons (Fsp3) is 0.467. The van der Waals surface area contributed by atoms with Crippen molar-refractivity contribution in [2.75, 3.05) is 18.4 Å². The van der Waals surface area contributed by atoms with E-state index >= 15 is 0 Å². The minimum Gasteiger partial charge on any atom is -0.373 e. The average Bonchev–Trinajstić information content (AvgIpc) is 2.86. The second kappa shape index (κ2) is 6.41. The van der Waals surface area contributed by atoms with Crippen LogP contribution < -0.4 is 16.0 Å². The third kappa shape index (κ3) is 3.50. The lowest BCUT2D eigenvalue weighted by molar-refractivity contribution is -0.124. The largest absolute Gasteiger partial charge is 0.373 e. The van der Waals surface area contributed by atoms with Gasteiger partial charge < -0.3 is 16.0 Å². The SMILES string of the molecule is CC(C)C(=O)NCCNC(=O)C1Cc2ccccc2N1. The number of nitrogens with one attached hydrogen (secondary N) is 3. The maximum Gasteiger partial charge on any atom is 0.242 e. The first-order chi connectivity index (χ1) is 9.58. The van der Waals surface area contributed by atoms with Crippen molar-refractivity contribution < 1.29 is 9.59 Å². The molecule has 0 saturated carbocycles. The van der Waals surface area contributed by atoms with Crippen molar-refractivity contribution in [1.29, 1.82) is 0 Å². The summed E-state index contributed by atoms with van der Waals surface area (Å²) in [6.07, 6.45) is 0.709. The molecule has 20 heavy (non-hydrogen) atoms. The van der Waals surface area contributed by atoms with Crippen molar-refractivity contribution in [2.24, 2.45) is 5.92 Å². The third-order valence-corrected chi connectivity index (χ3v) is 3.34. The number of hydrogen-bond donors (Lipinski definition) is 3. The van der Waals surface area contributed by atoms with E-state index in [0.29, 0.717) is 19.5 Å². The van der Waals surface area contributed by atoms with Gasteiger partial charge >= 0.3 is 0 Å². The van der Waals surface area contributed by atoms with E-state index in [4.69, 9.17) is 0 Å². The molecular weight excluding hydrogens is 254 g/mol. The van der Waals surface area contributed by atoms with Crippen LogP contribution >= 0.6 is 0 Å². The minimum absolute atomic E-state index is 0.00523. The maximum absolute atomic E-state index is 12.0. The van der Waals surface area contributed by atoms with Gasteiger partial charge in [-0.1, -0.05) is 32.0 Å². The van der Waals surface area contributed by atoms with E-state index in [9.17, 15) is 9.59 Å². The Kier molecular flexibility index (Phi) is 4.61. The zero-order valence-electron chi connectivity index (χ0n) is 11.9. The van der Waals surface area contributed by atoms with Crippen LogP contribution in [0.2, 0.25) is 0 Å². The highest BCUT2D eigenvalue weighted by molar-refractivity contribution is 5.87. The molecule has 5 nitrogen and oxygen atoms in total. The summed E-state index contributed by atoms with van der Waals surface area (Å²) < 4.78 is 0. The Morgan fingerprint density at radius 2 is 1.95 bits per heavy atom. The van der Waals surface area contributed by atoms with Gasteiger partial charge in [-0.3, -0.25) is 9.59 Å². The molecule has 0 aromatic heterocycles. The molecule has 0 radical (unpaired) electrons. The zero-order chi connectivity index (χ0) is 14.5. The molecule has 0 saturated heterocycles. The van der Waals surface area contributed by atoms with Gasteiger partial charge in [0.05, 0.1) is 0 Å². The van der Waals surface area contributed by atoms with E-state index in [0.717, 1.165) is 5.69 Å². The second-order valence-corrected chi connectivity index (χ2v) is 5.29. The number of hydrogen-bond acceptors (Lipinski definition) is 3. The molecular formula is C15H21N3O2. The minimum atomic E-state index is -0.215. The monoisotopic (exact) mass is 275 g/mol. The summed E-state index contributed by atoms with van der Waals surface area (Å²) >= 11 is 0. The Bertz CT molecular complexity index is 475. The highest BCUT2D eigenvalue weighted by Crippen LogP contribution is 2.24. The van der Waals surface area contributed by atoms with Crippen LogP contribution in [0, 0.1) is 5.92 Å². The van der Waals surface area contributed by atoms with Crippen molar-refractivity contribution in [3.8, 4) is 0 Å². The van der Waals surface area contributed by atoms with Gasteiger partial charge in [0.2, 0.25) is 11.8 Å². The summed E-state index contributed by atoms with van der Waals surface area (Å²) in [5.41, 5.74) is 2.20. The Balaban J connectivity index is 1.71. The topological polar surface area (TPSA) is 70.2 Å². The Morgan fingerprint density at radius 3 is 2.65 bits per heavy atom. The van der Waals surface area contributed by atoms with Gasteiger partial charge in [-0.15, -0.1) is 0 Å². The first kappa shape index (κ1) is 14.4. The van der Waals surface area contributed by atoms with Gasteiger partial charge in [0.25, 0.3) is 0 Å². The van der Waals surface area contributed by atoms with Gasteiger partial charge in [-0.05, 0) is 11.6 Å². The van der Waals surface area contributed by atoms with E-state index in [1.807, 2.05) is 38.1 Å². The third-order valence-electron chi connectivity index (χ3n) is 3.34. The lowest BCUT2D eigenvalue weighted by atomic mass is 10.1. The summed E-state index contributed by atoms with van der Waals surface area (Å²) in [6.45, 7) is 4.59. The molecule has 1 aromatic carbocycles. The first-order valence-corrected chi connectivity index (χ1v) is 6.98. The Labute approximate surface area is 119 Å². The molecule has 0 fully saturated rings. The predicted molar refractivity (Wildman–Crippen MR) is 78.4 cm³/mol. The molecule has 1 aliphatic heterocycles. The zero-order valence-corrected chi connectivity index (χ0v) is 11.9. The molecule has 0 aliphatic carbocycles. The van der Waals surface area contributed by atoms with Crippen LogP contribution in [0.25, 0.3) is 0 Å². The normalized spacial score (nSPS) is 16.4. The summed E-state index contributed by atoms with van der Waals surface area (Å²) in [5, 5.41) is 8.81. The molecule has 108 valence electrons. The molecule has 0 spiro atoms. The number of anilines is 1. The Hall–Kier alpha value is -2.04. The fourth-order valence-corrected chi connectivity index (χ4v) is 2.15. The molecule has 1 aromatic rings. The summed E-state index contributed by atoms with van der Waals surface area (Å²) in [4.78, 5) is 23.4. The van der Waals surface area contributed by atoms with E-state index < -0.39 is 0 Å². The Morgan fingerprint density at radius 1 is 1.25 bits per heavy atom. The molecule has 2 rings (SSSR count). The lowest BCUT2D eigenvalue weighted by Gasteiger charge is -2.13. The van der Waals surface area contributed by atoms with Crippen LogP contribution in [-0.4, -0.2) is 30.9 Å². The van der Waals surface area contributed by atoms with Crippen molar-refractivity contribution in [2.45, 2.75) is 26.3 Å². The molecule has 3 N–H and O–H groups in total. The van der Waals surface area contributed by atoms with Gasteiger partial charge in [-0.25, -0.2) is 0 Å². The van der Waals surface area contributed by atoms with Crippen LogP contribution in [0.4, 0.5) is 5.69 Å². The van der Waals surface area contributed by atoms with Crippen molar-refractivity contribution in [3.05, 3.63) is 29.8 Å². The second-order valence-electron chi connectivity index (χ2n) is 5.29.